The Hall–Kier alpha value is -1.06. The Labute approximate surface area is 90.6 Å². The smallest absolute Gasteiger partial charge is 0.119 e. The van der Waals surface area contributed by atoms with E-state index < -0.39 is 0 Å². The molecule has 84 valence electrons. The van der Waals surface area contributed by atoms with Gasteiger partial charge in [-0.25, -0.2) is 0 Å². The first-order valence-electron chi connectivity index (χ1n) is 5.11. The summed E-state index contributed by atoms with van der Waals surface area (Å²) < 4.78 is 10.5. The van der Waals surface area contributed by atoms with Gasteiger partial charge in [-0.1, -0.05) is 12.1 Å². The standard InChI is InChI=1S/C12H18O3/c1-10(13)6-7-15-12-5-3-4-11(8-12)9-14-2/h3-5,8,10,13H,6-7,9H2,1-2H3. The molecule has 1 atom stereocenters. The fourth-order valence-corrected chi connectivity index (χ4v) is 1.24. The summed E-state index contributed by atoms with van der Waals surface area (Å²) >= 11 is 0. The average Bonchev–Trinajstić information content (AvgIpc) is 2.18. The minimum atomic E-state index is -0.313. The van der Waals surface area contributed by atoms with Crippen LogP contribution >= 0.6 is 0 Å². The van der Waals surface area contributed by atoms with Gasteiger partial charge in [-0.15, -0.1) is 0 Å². The number of ether oxygens (including phenoxy) is 2. The number of hydrogen-bond donors (Lipinski definition) is 1. The summed E-state index contributed by atoms with van der Waals surface area (Å²) in [5.74, 6) is 0.824. The number of benzene rings is 1. The lowest BCUT2D eigenvalue weighted by Crippen LogP contribution is -2.07. The van der Waals surface area contributed by atoms with Crippen LogP contribution in [0.2, 0.25) is 0 Å². The highest BCUT2D eigenvalue weighted by Crippen LogP contribution is 2.14. The van der Waals surface area contributed by atoms with Crippen molar-refractivity contribution in [3.63, 3.8) is 0 Å². The second-order valence-corrected chi connectivity index (χ2v) is 3.57. The van der Waals surface area contributed by atoms with Crippen LogP contribution in [-0.2, 0) is 11.3 Å². The number of methoxy groups -OCH3 is 1. The van der Waals surface area contributed by atoms with Gasteiger partial charge in [-0.3, -0.25) is 0 Å². The quantitative estimate of drug-likeness (QED) is 0.780. The van der Waals surface area contributed by atoms with Crippen molar-refractivity contribution in [3.8, 4) is 5.75 Å². The molecule has 3 heteroatoms. The van der Waals surface area contributed by atoms with E-state index in [-0.39, 0.29) is 6.10 Å². The van der Waals surface area contributed by atoms with Crippen molar-refractivity contribution in [1.29, 1.82) is 0 Å². The Morgan fingerprint density at radius 3 is 2.87 bits per heavy atom. The molecule has 0 heterocycles. The number of aliphatic hydroxyl groups excluding tert-OH is 1. The predicted octanol–water partition coefficient (Wildman–Crippen LogP) is 1.98. The monoisotopic (exact) mass is 210 g/mol. The molecule has 0 amide bonds. The van der Waals surface area contributed by atoms with Crippen LogP contribution in [0.15, 0.2) is 24.3 Å². The maximum atomic E-state index is 9.07. The first-order chi connectivity index (χ1) is 7.22. The van der Waals surface area contributed by atoms with Gasteiger partial charge in [0.1, 0.15) is 5.75 Å². The van der Waals surface area contributed by atoms with E-state index in [1.807, 2.05) is 24.3 Å². The summed E-state index contributed by atoms with van der Waals surface area (Å²) in [6.45, 7) is 2.88. The number of hydrogen-bond acceptors (Lipinski definition) is 3. The van der Waals surface area contributed by atoms with Gasteiger partial charge < -0.3 is 14.6 Å². The van der Waals surface area contributed by atoms with Gasteiger partial charge in [-0.2, -0.15) is 0 Å². The van der Waals surface area contributed by atoms with E-state index in [9.17, 15) is 0 Å². The molecule has 0 bridgehead atoms. The Kier molecular flexibility index (Phi) is 5.15. The number of aliphatic hydroxyl groups is 1. The van der Waals surface area contributed by atoms with E-state index in [1.54, 1.807) is 14.0 Å². The largest absolute Gasteiger partial charge is 0.493 e. The molecule has 1 N–H and O–H groups in total. The molecule has 0 aliphatic rings. The van der Waals surface area contributed by atoms with Crippen LogP contribution in [0.5, 0.6) is 5.75 Å². The minimum absolute atomic E-state index is 0.313. The lowest BCUT2D eigenvalue weighted by molar-refractivity contribution is 0.155. The van der Waals surface area contributed by atoms with Crippen molar-refractivity contribution in [2.75, 3.05) is 13.7 Å². The summed E-state index contributed by atoms with van der Waals surface area (Å²) in [5.41, 5.74) is 1.09. The predicted molar refractivity (Wildman–Crippen MR) is 58.9 cm³/mol. The van der Waals surface area contributed by atoms with E-state index in [2.05, 4.69) is 0 Å². The van der Waals surface area contributed by atoms with Gasteiger partial charge in [0.25, 0.3) is 0 Å². The second kappa shape index (κ2) is 6.43. The molecule has 0 aromatic heterocycles. The molecule has 1 unspecified atom stereocenters. The van der Waals surface area contributed by atoms with Gasteiger partial charge in [0.2, 0.25) is 0 Å². The van der Waals surface area contributed by atoms with Crippen molar-refractivity contribution in [3.05, 3.63) is 29.8 Å². The molecule has 0 saturated carbocycles. The molecule has 0 fully saturated rings. The molecule has 0 saturated heterocycles. The van der Waals surface area contributed by atoms with Crippen molar-refractivity contribution >= 4 is 0 Å². The fourth-order valence-electron chi connectivity index (χ4n) is 1.24. The lowest BCUT2D eigenvalue weighted by atomic mass is 10.2. The third-order valence-electron chi connectivity index (χ3n) is 2.01. The highest BCUT2D eigenvalue weighted by atomic mass is 16.5. The van der Waals surface area contributed by atoms with Gasteiger partial charge >= 0.3 is 0 Å². The van der Waals surface area contributed by atoms with E-state index in [4.69, 9.17) is 14.6 Å². The Bertz CT molecular complexity index is 284. The summed E-state index contributed by atoms with van der Waals surface area (Å²) in [6, 6.07) is 7.78. The van der Waals surface area contributed by atoms with Crippen LogP contribution in [0, 0.1) is 0 Å². The maximum Gasteiger partial charge on any atom is 0.119 e. The third kappa shape index (κ3) is 4.81. The lowest BCUT2D eigenvalue weighted by Gasteiger charge is -2.08. The first kappa shape index (κ1) is 12.0. The van der Waals surface area contributed by atoms with Crippen molar-refractivity contribution < 1.29 is 14.6 Å². The topological polar surface area (TPSA) is 38.7 Å². The van der Waals surface area contributed by atoms with Crippen LogP contribution in [0.3, 0.4) is 0 Å². The van der Waals surface area contributed by atoms with E-state index >= 15 is 0 Å². The molecule has 15 heavy (non-hydrogen) atoms. The summed E-state index contributed by atoms with van der Waals surface area (Å²) in [6.07, 6.45) is 0.335. The van der Waals surface area contributed by atoms with Crippen LogP contribution in [-0.4, -0.2) is 24.9 Å². The Morgan fingerprint density at radius 2 is 2.20 bits per heavy atom. The van der Waals surface area contributed by atoms with Crippen LogP contribution < -0.4 is 4.74 Å². The van der Waals surface area contributed by atoms with Crippen LogP contribution in [0.25, 0.3) is 0 Å². The molecule has 0 aliphatic carbocycles. The molecule has 0 radical (unpaired) electrons. The van der Waals surface area contributed by atoms with Crippen molar-refractivity contribution in [2.24, 2.45) is 0 Å². The van der Waals surface area contributed by atoms with Gasteiger partial charge in [0.05, 0.1) is 19.3 Å². The maximum absolute atomic E-state index is 9.07. The second-order valence-electron chi connectivity index (χ2n) is 3.57. The Balaban J connectivity index is 2.43. The minimum Gasteiger partial charge on any atom is -0.493 e. The fraction of sp³-hybridized carbons (Fsp3) is 0.500. The zero-order chi connectivity index (χ0) is 11.1. The highest BCUT2D eigenvalue weighted by Gasteiger charge is 1.98. The molecular formula is C12H18O3. The van der Waals surface area contributed by atoms with Gasteiger partial charge in [0.15, 0.2) is 0 Å². The van der Waals surface area contributed by atoms with Gasteiger partial charge in [-0.05, 0) is 24.6 Å². The molecule has 1 aromatic rings. The SMILES string of the molecule is COCc1cccc(OCCC(C)O)c1. The van der Waals surface area contributed by atoms with Gasteiger partial charge in [0, 0.05) is 13.5 Å². The van der Waals surface area contributed by atoms with E-state index in [0.29, 0.717) is 19.6 Å². The molecule has 1 aromatic carbocycles. The summed E-state index contributed by atoms with van der Waals surface area (Å²) in [7, 11) is 1.67. The Morgan fingerprint density at radius 1 is 1.40 bits per heavy atom. The highest BCUT2D eigenvalue weighted by molar-refractivity contribution is 5.28. The first-order valence-corrected chi connectivity index (χ1v) is 5.11. The van der Waals surface area contributed by atoms with Crippen molar-refractivity contribution in [2.45, 2.75) is 26.1 Å². The molecule has 0 aliphatic heterocycles. The summed E-state index contributed by atoms with van der Waals surface area (Å²) in [4.78, 5) is 0. The molecule has 1 rings (SSSR count). The molecular weight excluding hydrogens is 192 g/mol. The third-order valence-corrected chi connectivity index (χ3v) is 2.01. The normalized spacial score (nSPS) is 12.5. The summed E-state index contributed by atoms with van der Waals surface area (Å²) in [5, 5.41) is 9.07. The molecule has 3 nitrogen and oxygen atoms in total. The van der Waals surface area contributed by atoms with Crippen LogP contribution in [0.4, 0.5) is 0 Å². The average molecular weight is 210 g/mol. The number of rotatable bonds is 6. The van der Waals surface area contributed by atoms with Crippen molar-refractivity contribution in [1.82, 2.24) is 0 Å². The van der Waals surface area contributed by atoms with E-state index in [0.717, 1.165) is 11.3 Å². The van der Waals surface area contributed by atoms with Crippen LogP contribution in [0.1, 0.15) is 18.9 Å². The zero-order valence-corrected chi connectivity index (χ0v) is 9.27. The molecule has 0 spiro atoms. The van der Waals surface area contributed by atoms with E-state index in [1.165, 1.54) is 0 Å². The zero-order valence-electron chi connectivity index (χ0n) is 9.27.